The average Bonchev–Trinajstić information content (AvgIpc) is 2.98. The van der Waals surface area contributed by atoms with E-state index in [2.05, 4.69) is 12.2 Å². The number of rotatable bonds is 4. The lowest BCUT2D eigenvalue weighted by Gasteiger charge is -2.39. The maximum absolute atomic E-state index is 12.0. The molecule has 3 rings (SSSR count). The summed E-state index contributed by atoms with van der Waals surface area (Å²) in [6, 6.07) is 3.94. The van der Waals surface area contributed by atoms with E-state index in [1.165, 1.54) is 18.4 Å². The summed E-state index contributed by atoms with van der Waals surface area (Å²) in [6.45, 7) is 3.68. The van der Waals surface area contributed by atoms with Crippen molar-refractivity contribution in [2.75, 3.05) is 39.6 Å². The molecule has 7 nitrogen and oxygen atoms in total. The third kappa shape index (κ3) is 3.26. The number of likely N-dealkylation sites (tertiary alicyclic amines) is 1. The first-order chi connectivity index (χ1) is 12.4. The Morgan fingerprint density at radius 2 is 2.08 bits per heavy atom. The molecule has 8 heteroatoms. The van der Waals surface area contributed by atoms with Crippen LogP contribution in [-0.4, -0.2) is 55.6 Å². The van der Waals surface area contributed by atoms with Crippen LogP contribution in [-0.2, 0) is 14.9 Å². The van der Waals surface area contributed by atoms with E-state index in [4.69, 9.17) is 15.5 Å². The number of methoxy groups -OCH3 is 1. The number of nitrogens with one attached hydrogen (secondary N) is 1. The largest absolute Gasteiger partial charge is 0.397 e. The summed E-state index contributed by atoms with van der Waals surface area (Å²) in [5, 5.41) is 3.42. The highest BCUT2D eigenvalue weighted by molar-refractivity contribution is 7.21. The van der Waals surface area contributed by atoms with Crippen molar-refractivity contribution >= 4 is 39.1 Å². The molecule has 0 aromatic carbocycles. The molecule has 2 aromatic rings. The monoisotopic (exact) mass is 376 g/mol. The van der Waals surface area contributed by atoms with Crippen molar-refractivity contribution in [3.63, 3.8) is 0 Å². The summed E-state index contributed by atoms with van der Waals surface area (Å²) in [6.07, 6.45) is 1.67. The molecule has 1 aliphatic heterocycles. The number of nitrogens with zero attached hydrogens (tertiary/aromatic N) is 2. The molecule has 0 aliphatic carbocycles. The predicted octanol–water partition coefficient (Wildman–Crippen LogP) is 1.76. The minimum Gasteiger partial charge on any atom is -0.397 e. The van der Waals surface area contributed by atoms with Crippen LogP contribution in [0.25, 0.3) is 10.2 Å². The van der Waals surface area contributed by atoms with Gasteiger partial charge in [-0.25, -0.2) is 4.98 Å². The first-order valence-electron chi connectivity index (χ1n) is 8.58. The predicted molar refractivity (Wildman–Crippen MR) is 102 cm³/mol. The number of nitrogens with two attached hydrogens (primary N) is 1. The molecule has 0 radical (unpaired) electrons. The maximum Gasteiger partial charge on any atom is 0.263 e. The Morgan fingerprint density at radius 1 is 1.38 bits per heavy atom. The van der Waals surface area contributed by atoms with Gasteiger partial charge in [0.05, 0.1) is 5.69 Å². The Bertz CT molecular complexity index is 840. The van der Waals surface area contributed by atoms with Crippen LogP contribution in [0, 0.1) is 0 Å². The molecule has 1 fully saturated rings. The molecular weight excluding hydrogens is 352 g/mol. The molecule has 0 unspecified atom stereocenters. The van der Waals surface area contributed by atoms with Crippen molar-refractivity contribution in [3.8, 4) is 0 Å². The van der Waals surface area contributed by atoms with Crippen LogP contribution in [0.15, 0.2) is 12.1 Å². The van der Waals surface area contributed by atoms with Crippen molar-refractivity contribution in [1.82, 2.24) is 15.2 Å². The molecule has 3 heterocycles. The van der Waals surface area contributed by atoms with Gasteiger partial charge in [-0.3, -0.25) is 9.59 Å². The first-order valence-corrected chi connectivity index (χ1v) is 9.39. The number of ether oxygens (including phenoxy) is 1. The summed E-state index contributed by atoms with van der Waals surface area (Å²) < 4.78 is 4.94. The molecule has 0 atom stereocenters. The van der Waals surface area contributed by atoms with Gasteiger partial charge in [0.2, 0.25) is 5.91 Å². The van der Waals surface area contributed by atoms with Crippen LogP contribution in [0.3, 0.4) is 0 Å². The topological polar surface area (TPSA) is 97.5 Å². The van der Waals surface area contributed by atoms with Crippen LogP contribution in [0.2, 0.25) is 0 Å². The maximum atomic E-state index is 12.0. The number of amides is 2. The van der Waals surface area contributed by atoms with Gasteiger partial charge in [-0.1, -0.05) is 6.92 Å². The van der Waals surface area contributed by atoms with Gasteiger partial charge in [0, 0.05) is 43.7 Å². The molecule has 0 spiro atoms. The normalized spacial score (nSPS) is 16.7. The lowest BCUT2D eigenvalue weighted by molar-refractivity contribution is -0.136. The number of anilines is 1. The number of hydrogen-bond donors (Lipinski definition) is 2. The van der Waals surface area contributed by atoms with E-state index in [1.807, 2.05) is 17.0 Å². The van der Waals surface area contributed by atoms with Gasteiger partial charge in [0.15, 0.2) is 0 Å². The van der Waals surface area contributed by atoms with Gasteiger partial charge >= 0.3 is 0 Å². The Labute approximate surface area is 156 Å². The highest BCUT2D eigenvalue weighted by atomic mass is 32.1. The lowest BCUT2D eigenvalue weighted by Crippen LogP contribution is -2.45. The van der Waals surface area contributed by atoms with Crippen LogP contribution in [0.5, 0.6) is 0 Å². The number of thiophene rings is 1. The molecule has 140 valence electrons. The zero-order chi connectivity index (χ0) is 18.9. The fourth-order valence-corrected chi connectivity index (χ4v) is 4.38. The summed E-state index contributed by atoms with van der Waals surface area (Å²) in [4.78, 5) is 31.9. The number of hydrogen-bond acceptors (Lipinski definition) is 6. The highest BCUT2D eigenvalue weighted by Crippen LogP contribution is 2.38. The van der Waals surface area contributed by atoms with Gasteiger partial charge in [0.1, 0.15) is 16.3 Å². The van der Waals surface area contributed by atoms with Gasteiger partial charge in [-0.15, -0.1) is 11.3 Å². The standard InChI is InChI=1S/C18H24N4O3S/c1-18(6-8-22(9-7-18)13(23)10-25-3)12-5-4-11-14(19)15(16(24)20-2)26-17(11)21-12/h4-5H,6-10,19H2,1-3H3,(H,20,24). The fraction of sp³-hybridized carbons (Fsp3) is 0.500. The van der Waals surface area contributed by atoms with E-state index in [0.29, 0.717) is 23.7 Å². The molecule has 1 saturated heterocycles. The van der Waals surface area contributed by atoms with Crippen molar-refractivity contribution in [1.29, 1.82) is 0 Å². The van der Waals surface area contributed by atoms with Gasteiger partial charge < -0.3 is 20.7 Å². The van der Waals surface area contributed by atoms with Crippen LogP contribution < -0.4 is 11.1 Å². The van der Waals surface area contributed by atoms with Crippen LogP contribution in [0.4, 0.5) is 5.69 Å². The van der Waals surface area contributed by atoms with Gasteiger partial charge in [-0.05, 0) is 25.0 Å². The smallest absolute Gasteiger partial charge is 0.263 e. The SMILES string of the molecule is CNC(=O)c1sc2nc(C3(C)CCN(C(=O)COC)CC3)ccc2c1N. The number of fused-ring (bicyclic) bond motifs is 1. The van der Waals surface area contributed by atoms with E-state index in [-0.39, 0.29) is 23.8 Å². The number of piperidine rings is 1. The summed E-state index contributed by atoms with van der Waals surface area (Å²) in [5.41, 5.74) is 7.46. The fourth-order valence-electron chi connectivity index (χ4n) is 3.34. The molecule has 0 saturated carbocycles. The van der Waals surface area contributed by atoms with Gasteiger partial charge in [0.25, 0.3) is 5.91 Å². The Morgan fingerprint density at radius 3 is 2.69 bits per heavy atom. The number of carbonyl (C=O) groups excluding carboxylic acids is 2. The number of pyridine rings is 1. The van der Waals surface area contributed by atoms with Gasteiger partial charge in [-0.2, -0.15) is 0 Å². The summed E-state index contributed by atoms with van der Waals surface area (Å²) in [5.74, 6) is -0.164. The zero-order valence-corrected chi connectivity index (χ0v) is 16.1. The van der Waals surface area contributed by atoms with E-state index in [1.54, 1.807) is 7.05 Å². The summed E-state index contributed by atoms with van der Waals surface area (Å²) in [7, 11) is 3.12. The quantitative estimate of drug-likeness (QED) is 0.847. The van der Waals surface area contributed by atoms with E-state index >= 15 is 0 Å². The van der Waals surface area contributed by atoms with E-state index in [9.17, 15) is 9.59 Å². The third-order valence-electron chi connectivity index (χ3n) is 5.13. The first kappa shape index (κ1) is 18.6. The second-order valence-corrected chi connectivity index (χ2v) is 7.85. The minimum absolute atomic E-state index is 0.0270. The van der Waals surface area contributed by atoms with Crippen molar-refractivity contribution in [2.45, 2.75) is 25.2 Å². The highest BCUT2D eigenvalue weighted by Gasteiger charge is 2.34. The number of aromatic nitrogens is 1. The molecule has 0 bridgehead atoms. The second kappa shape index (κ2) is 7.20. The molecule has 2 amide bonds. The average molecular weight is 376 g/mol. The molecule has 26 heavy (non-hydrogen) atoms. The van der Waals surface area contributed by atoms with Crippen molar-refractivity contribution < 1.29 is 14.3 Å². The second-order valence-electron chi connectivity index (χ2n) is 6.85. The number of nitrogen functional groups attached to an aromatic ring is 1. The number of carbonyl (C=O) groups is 2. The van der Waals surface area contributed by atoms with Crippen LogP contribution >= 0.6 is 11.3 Å². The van der Waals surface area contributed by atoms with Crippen LogP contribution in [0.1, 0.15) is 35.1 Å². The van der Waals surface area contributed by atoms with E-state index < -0.39 is 0 Å². The Kier molecular flexibility index (Phi) is 5.15. The van der Waals surface area contributed by atoms with E-state index in [0.717, 1.165) is 28.8 Å². The molecule has 1 aliphatic rings. The molecule has 2 aromatic heterocycles. The molecule has 3 N–H and O–H groups in total. The summed E-state index contributed by atoms with van der Waals surface area (Å²) >= 11 is 1.32. The third-order valence-corrected chi connectivity index (χ3v) is 6.25. The van der Waals surface area contributed by atoms with Crippen molar-refractivity contribution in [3.05, 3.63) is 22.7 Å². The zero-order valence-electron chi connectivity index (χ0n) is 15.3. The Hall–Kier alpha value is -2.19. The lowest BCUT2D eigenvalue weighted by atomic mass is 9.77. The minimum atomic E-state index is -0.191. The molecular formula is C18H24N4O3S. The van der Waals surface area contributed by atoms with Crippen molar-refractivity contribution in [2.24, 2.45) is 0 Å². The Balaban J connectivity index is 1.84.